The van der Waals surface area contributed by atoms with Crippen LogP contribution in [-0.4, -0.2) is 72.7 Å². The Labute approximate surface area is 116 Å². The second kappa shape index (κ2) is 7.37. The number of hydrogen-bond donors (Lipinski definition) is 1. The number of nitrogens with zero attached hydrogens (tertiary/aromatic N) is 2. The maximum Gasteiger partial charge on any atom is 0.320 e. The van der Waals surface area contributed by atoms with Gasteiger partial charge in [-0.1, -0.05) is 6.92 Å². The van der Waals surface area contributed by atoms with Crippen molar-refractivity contribution in [2.24, 2.45) is 5.92 Å². The van der Waals surface area contributed by atoms with Crippen LogP contribution in [0.4, 0.5) is 13.6 Å². The lowest BCUT2D eigenvalue weighted by Gasteiger charge is -2.33. The van der Waals surface area contributed by atoms with Gasteiger partial charge < -0.3 is 19.6 Å². The molecular weight excluding hydrogens is 274 g/mol. The lowest BCUT2D eigenvalue weighted by molar-refractivity contribution is -0.142. The number of halogens is 2. The number of carbonyl (C=O) groups excluding carboxylic acids is 1. The van der Waals surface area contributed by atoms with Crippen molar-refractivity contribution in [3.63, 3.8) is 0 Å². The van der Waals surface area contributed by atoms with Gasteiger partial charge in [0.05, 0.1) is 25.8 Å². The van der Waals surface area contributed by atoms with Crippen LogP contribution in [0.25, 0.3) is 0 Å². The molecule has 1 aliphatic rings. The molecule has 1 fully saturated rings. The van der Waals surface area contributed by atoms with Gasteiger partial charge in [-0.2, -0.15) is 0 Å². The number of carbonyl (C=O) groups is 2. The van der Waals surface area contributed by atoms with E-state index in [1.54, 1.807) is 0 Å². The molecule has 1 heterocycles. The lowest BCUT2D eigenvalue weighted by Crippen LogP contribution is -2.52. The van der Waals surface area contributed by atoms with E-state index in [2.05, 4.69) is 0 Å². The summed E-state index contributed by atoms with van der Waals surface area (Å²) in [4.78, 5) is 25.6. The fraction of sp³-hybridized carbons (Fsp3) is 0.833. The molecule has 2 amide bonds. The first-order valence-corrected chi connectivity index (χ1v) is 6.48. The van der Waals surface area contributed by atoms with Gasteiger partial charge >= 0.3 is 12.0 Å². The van der Waals surface area contributed by atoms with Crippen molar-refractivity contribution >= 4 is 12.0 Å². The summed E-state index contributed by atoms with van der Waals surface area (Å²) >= 11 is 0. The fourth-order valence-corrected chi connectivity index (χ4v) is 2.23. The quantitative estimate of drug-likeness (QED) is 0.797. The largest absolute Gasteiger partial charge is 0.481 e. The Morgan fingerprint density at radius 2 is 2.05 bits per heavy atom. The Morgan fingerprint density at radius 1 is 1.40 bits per heavy atom. The zero-order chi connectivity index (χ0) is 15.3. The number of rotatable bonds is 6. The molecule has 0 radical (unpaired) electrons. The molecule has 1 aliphatic heterocycles. The second-order valence-corrected chi connectivity index (χ2v) is 4.80. The predicted molar refractivity (Wildman–Crippen MR) is 66.8 cm³/mol. The number of hydrogen-bond acceptors (Lipinski definition) is 3. The van der Waals surface area contributed by atoms with E-state index in [1.807, 2.05) is 6.92 Å². The number of urea groups is 1. The van der Waals surface area contributed by atoms with E-state index in [1.165, 1.54) is 11.9 Å². The SMILES string of the molecule is CCCN(C(=O)N(C)CC(F)F)C1COCC1C(=O)O. The zero-order valence-electron chi connectivity index (χ0n) is 11.6. The normalized spacial score (nSPS) is 22.1. The maximum atomic E-state index is 12.3. The third-order valence-corrected chi connectivity index (χ3v) is 3.22. The summed E-state index contributed by atoms with van der Waals surface area (Å²) in [6.07, 6.45) is -2.01. The smallest absolute Gasteiger partial charge is 0.320 e. The molecule has 0 bridgehead atoms. The molecule has 0 aromatic carbocycles. The Balaban J connectivity index is 2.82. The number of aliphatic carboxylic acids is 1. The topological polar surface area (TPSA) is 70.1 Å². The van der Waals surface area contributed by atoms with Crippen LogP contribution in [0.5, 0.6) is 0 Å². The number of carboxylic acid groups (broad SMARTS) is 1. The Kier molecular flexibility index (Phi) is 6.12. The lowest BCUT2D eigenvalue weighted by atomic mass is 10.0. The van der Waals surface area contributed by atoms with E-state index in [4.69, 9.17) is 9.84 Å². The highest BCUT2D eigenvalue weighted by Crippen LogP contribution is 2.21. The number of amides is 2. The van der Waals surface area contributed by atoms with Gasteiger partial charge in [-0.15, -0.1) is 0 Å². The minimum atomic E-state index is -2.62. The fourth-order valence-electron chi connectivity index (χ4n) is 2.23. The van der Waals surface area contributed by atoms with Gasteiger partial charge in [-0.05, 0) is 6.42 Å². The molecule has 0 aromatic heterocycles. The third-order valence-electron chi connectivity index (χ3n) is 3.22. The molecule has 2 atom stereocenters. The van der Waals surface area contributed by atoms with Crippen LogP contribution in [0.2, 0.25) is 0 Å². The van der Waals surface area contributed by atoms with Gasteiger partial charge in [0.25, 0.3) is 6.43 Å². The molecule has 0 saturated carbocycles. The summed E-state index contributed by atoms with van der Waals surface area (Å²) in [6.45, 7) is 1.62. The van der Waals surface area contributed by atoms with Crippen molar-refractivity contribution in [3.8, 4) is 0 Å². The standard InChI is InChI=1S/C12H20F2N2O4/c1-3-4-16(12(19)15(2)5-10(13)14)9-7-20-6-8(9)11(17)18/h8-10H,3-7H2,1-2H3,(H,17,18). The first-order chi connectivity index (χ1) is 9.38. The van der Waals surface area contributed by atoms with Gasteiger partial charge in [0.2, 0.25) is 0 Å². The first kappa shape index (κ1) is 16.6. The van der Waals surface area contributed by atoms with E-state index < -0.39 is 36.9 Å². The van der Waals surface area contributed by atoms with E-state index in [-0.39, 0.29) is 13.2 Å². The van der Waals surface area contributed by atoms with E-state index in [9.17, 15) is 18.4 Å². The van der Waals surface area contributed by atoms with Crippen molar-refractivity contribution in [1.82, 2.24) is 9.80 Å². The number of carboxylic acids is 1. The first-order valence-electron chi connectivity index (χ1n) is 6.48. The monoisotopic (exact) mass is 294 g/mol. The van der Waals surface area contributed by atoms with Crippen LogP contribution < -0.4 is 0 Å². The van der Waals surface area contributed by atoms with E-state index in [0.717, 1.165) is 4.90 Å². The third kappa shape index (κ3) is 4.03. The van der Waals surface area contributed by atoms with E-state index in [0.29, 0.717) is 13.0 Å². The van der Waals surface area contributed by atoms with Crippen LogP contribution in [0.3, 0.4) is 0 Å². The summed E-state index contributed by atoms with van der Waals surface area (Å²) < 4.78 is 29.8. The van der Waals surface area contributed by atoms with Gasteiger partial charge in [-0.25, -0.2) is 13.6 Å². The van der Waals surface area contributed by atoms with Crippen LogP contribution in [0, 0.1) is 5.92 Å². The Bertz CT molecular complexity index is 354. The molecule has 0 aromatic rings. The molecule has 1 rings (SSSR count). The highest BCUT2D eigenvalue weighted by atomic mass is 19.3. The average molecular weight is 294 g/mol. The molecule has 1 saturated heterocycles. The molecule has 1 N–H and O–H groups in total. The van der Waals surface area contributed by atoms with Crippen molar-refractivity contribution < 1.29 is 28.2 Å². The average Bonchev–Trinajstić information content (AvgIpc) is 2.83. The molecule has 8 heteroatoms. The summed E-state index contributed by atoms with van der Waals surface area (Å²) in [6, 6.07) is -1.20. The molecule has 20 heavy (non-hydrogen) atoms. The highest BCUT2D eigenvalue weighted by Gasteiger charge is 2.40. The van der Waals surface area contributed by atoms with Gasteiger partial charge in [0, 0.05) is 13.6 Å². The molecule has 0 spiro atoms. The minimum Gasteiger partial charge on any atom is -0.481 e. The summed E-state index contributed by atoms with van der Waals surface area (Å²) in [5, 5.41) is 9.12. The van der Waals surface area contributed by atoms with Crippen molar-refractivity contribution in [2.45, 2.75) is 25.8 Å². The van der Waals surface area contributed by atoms with Gasteiger partial charge in [0.1, 0.15) is 5.92 Å². The van der Waals surface area contributed by atoms with Crippen molar-refractivity contribution in [1.29, 1.82) is 0 Å². The number of alkyl halides is 2. The summed E-state index contributed by atoms with van der Waals surface area (Å²) in [5.74, 6) is -1.86. The maximum absolute atomic E-state index is 12.3. The van der Waals surface area contributed by atoms with Crippen LogP contribution >= 0.6 is 0 Å². The predicted octanol–water partition coefficient (Wildman–Crippen LogP) is 1.11. The molecule has 2 unspecified atom stereocenters. The molecule has 116 valence electrons. The van der Waals surface area contributed by atoms with Gasteiger partial charge in [-0.3, -0.25) is 4.79 Å². The zero-order valence-corrected chi connectivity index (χ0v) is 11.6. The second-order valence-electron chi connectivity index (χ2n) is 4.80. The van der Waals surface area contributed by atoms with Crippen molar-refractivity contribution in [3.05, 3.63) is 0 Å². The van der Waals surface area contributed by atoms with Crippen LogP contribution in [0.1, 0.15) is 13.3 Å². The Hall–Kier alpha value is -1.44. The molecule has 0 aliphatic carbocycles. The minimum absolute atomic E-state index is 0.0338. The van der Waals surface area contributed by atoms with Crippen LogP contribution in [0.15, 0.2) is 0 Å². The molecule has 6 nitrogen and oxygen atoms in total. The van der Waals surface area contributed by atoms with E-state index >= 15 is 0 Å². The Morgan fingerprint density at radius 3 is 2.55 bits per heavy atom. The highest BCUT2D eigenvalue weighted by molar-refractivity contribution is 5.77. The summed E-state index contributed by atoms with van der Waals surface area (Å²) in [7, 11) is 1.28. The van der Waals surface area contributed by atoms with Crippen LogP contribution in [-0.2, 0) is 9.53 Å². The summed E-state index contributed by atoms with van der Waals surface area (Å²) in [5.41, 5.74) is 0. The molecular formula is C12H20F2N2O4. The number of ether oxygens (including phenoxy) is 1. The van der Waals surface area contributed by atoms with Gasteiger partial charge in [0.15, 0.2) is 0 Å². The van der Waals surface area contributed by atoms with Crippen molar-refractivity contribution in [2.75, 3.05) is 33.4 Å².